The molecule has 2 atom stereocenters. The lowest BCUT2D eigenvalue weighted by Crippen LogP contribution is -2.47. The number of nitrogens with zero attached hydrogens (tertiary/aromatic N) is 3. The van der Waals surface area contributed by atoms with Gasteiger partial charge in [-0.25, -0.2) is 4.98 Å². The molecular weight excluding hydrogens is 388 g/mol. The number of thiophene rings is 1. The summed E-state index contributed by atoms with van der Waals surface area (Å²) in [6.45, 7) is 4.76. The largest absolute Gasteiger partial charge is 0.377 e. The molecule has 29 heavy (non-hydrogen) atoms. The molecule has 0 unspecified atom stereocenters. The summed E-state index contributed by atoms with van der Waals surface area (Å²) in [5, 5.41) is 14.1. The Morgan fingerprint density at radius 3 is 3.10 bits per heavy atom. The van der Waals surface area contributed by atoms with E-state index in [4.69, 9.17) is 14.7 Å². The fourth-order valence-electron chi connectivity index (χ4n) is 3.86. The Morgan fingerprint density at radius 2 is 2.38 bits per heavy atom. The topological polar surface area (TPSA) is 87.5 Å². The molecule has 2 aliphatic rings. The van der Waals surface area contributed by atoms with E-state index in [1.807, 2.05) is 23.3 Å². The minimum Gasteiger partial charge on any atom is -0.377 e. The maximum Gasteiger partial charge on any atom is 0.264 e. The summed E-state index contributed by atoms with van der Waals surface area (Å²) in [4.78, 5) is 19.9. The van der Waals surface area contributed by atoms with Gasteiger partial charge in [0.05, 0.1) is 36.3 Å². The Labute approximate surface area is 174 Å². The van der Waals surface area contributed by atoms with Crippen molar-refractivity contribution in [2.45, 2.75) is 31.5 Å². The molecule has 0 aromatic carbocycles. The Bertz CT molecular complexity index is 907. The zero-order valence-electron chi connectivity index (χ0n) is 16.4. The molecule has 7 nitrogen and oxygen atoms in total. The van der Waals surface area contributed by atoms with Gasteiger partial charge in [0.2, 0.25) is 0 Å². The minimum absolute atomic E-state index is 0.0227. The standard InChI is InChI=1S/C21H24N4O3S/c1-15-5-9-29-19(15)20(26)25-7-8-27-14-21(13-25)6-4-17(28-21)12-24-18-3-2-16(10-22)11-23-18/h2-3,5,9,11,17H,4,6-8,12-14H2,1H3,(H,23,24)/t17-,21-/m0/s1. The number of ether oxygens (including phenoxy) is 2. The van der Waals surface area contributed by atoms with E-state index in [-0.39, 0.29) is 12.0 Å². The zero-order chi connectivity index (χ0) is 20.3. The van der Waals surface area contributed by atoms with Crippen LogP contribution in [-0.4, -0.2) is 60.3 Å². The molecule has 2 aromatic rings. The van der Waals surface area contributed by atoms with E-state index in [9.17, 15) is 4.79 Å². The van der Waals surface area contributed by atoms with Crippen LogP contribution in [0.25, 0.3) is 0 Å². The summed E-state index contributed by atoms with van der Waals surface area (Å²) in [5.41, 5.74) is 1.10. The summed E-state index contributed by atoms with van der Waals surface area (Å²) < 4.78 is 12.2. The molecule has 1 spiro atoms. The average Bonchev–Trinajstić information content (AvgIpc) is 3.28. The maximum atomic E-state index is 13.0. The van der Waals surface area contributed by atoms with E-state index in [0.29, 0.717) is 38.4 Å². The lowest BCUT2D eigenvalue weighted by molar-refractivity contribution is -0.0802. The van der Waals surface area contributed by atoms with Crippen molar-refractivity contribution in [1.82, 2.24) is 9.88 Å². The van der Waals surface area contributed by atoms with E-state index < -0.39 is 5.60 Å². The normalized spacial score (nSPS) is 24.3. The van der Waals surface area contributed by atoms with Crippen molar-refractivity contribution in [2.75, 3.05) is 38.2 Å². The Kier molecular flexibility index (Phi) is 5.81. The molecule has 4 rings (SSSR count). The molecule has 8 heteroatoms. The number of aromatic nitrogens is 1. The van der Waals surface area contributed by atoms with Crippen molar-refractivity contribution >= 4 is 23.1 Å². The third-order valence-electron chi connectivity index (χ3n) is 5.44. The Morgan fingerprint density at radius 1 is 1.48 bits per heavy atom. The number of amides is 1. The van der Waals surface area contributed by atoms with E-state index in [0.717, 1.165) is 29.1 Å². The van der Waals surface area contributed by atoms with Crippen LogP contribution in [-0.2, 0) is 9.47 Å². The van der Waals surface area contributed by atoms with Gasteiger partial charge in [-0.05, 0) is 48.9 Å². The van der Waals surface area contributed by atoms with Gasteiger partial charge in [0, 0.05) is 19.3 Å². The summed E-state index contributed by atoms with van der Waals surface area (Å²) in [5.74, 6) is 0.782. The smallest absolute Gasteiger partial charge is 0.264 e. The fraction of sp³-hybridized carbons (Fsp3) is 0.476. The highest BCUT2D eigenvalue weighted by molar-refractivity contribution is 7.12. The van der Waals surface area contributed by atoms with Crippen LogP contribution in [0.5, 0.6) is 0 Å². The first-order valence-electron chi connectivity index (χ1n) is 9.77. The van der Waals surface area contributed by atoms with Gasteiger partial charge in [0.25, 0.3) is 5.91 Å². The zero-order valence-corrected chi connectivity index (χ0v) is 17.2. The first-order valence-corrected chi connectivity index (χ1v) is 10.7. The van der Waals surface area contributed by atoms with Crippen LogP contribution in [0.2, 0.25) is 0 Å². The molecule has 2 aliphatic heterocycles. The molecule has 0 bridgehead atoms. The van der Waals surface area contributed by atoms with E-state index in [2.05, 4.69) is 16.4 Å². The molecule has 0 aliphatic carbocycles. The van der Waals surface area contributed by atoms with Crippen molar-refractivity contribution in [2.24, 2.45) is 0 Å². The molecule has 2 fully saturated rings. The van der Waals surface area contributed by atoms with Crippen LogP contribution in [0.15, 0.2) is 29.8 Å². The summed E-state index contributed by atoms with van der Waals surface area (Å²) in [7, 11) is 0. The Hall–Kier alpha value is -2.47. The lowest BCUT2D eigenvalue weighted by atomic mass is 10.00. The van der Waals surface area contributed by atoms with Crippen molar-refractivity contribution in [1.29, 1.82) is 5.26 Å². The summed E-state index contributed by atoms with van der Waals surface area (Å²) in [6, 6.07) is 7.57. The fourth-order valence-corrected chi connectivity index (χ4v) is 4.75. The van der Waals surface area contributed by atoms with Crippen molar-refractivity contribution < 1.29 is 14.3 Å². The number of nitriles is 1. The van der Waals surface area contributed by atoms with Gasteiger partial charge in [0.15, 0.2) is 0 Å². The number of anilines is 1. The molecular formula is C21H24N4O3S. The molecule has 0 saturated carbocycles. The van der Waals surface area contributed by atoms with Crippen LogP contribution in [0, 0.1) is 18.3 Å². The minimum atomic E-state index is -0.457. The number of hydrogen-bond acceptors (Lipinski definition) is 7. The molecule has 152 valence electrons. The first-order chi connectivity index (χ1) is 14.1. The Balaban J connectivity index is 1.38. The molecule has 2 aromatic heterocycles. The molecule has 2 saturated heterocycles. The first kappa shape index (κ1) is 19.8. The molecule has 1 N–H and O–H groups in total. The number of aryl methyl sites for hydroxylation is 1. The molecule has 1 amide bonds. The van der Waals surface area contributed by atoms with Crippen LogP contribution >= 0.6 is 11.3 Å². The van der Waals surface area contributed by atoms with Crippen LogP contribution in [0.1, 0.15) is 33.6 Å². The highest BCUT2D eigenvalue weighted by Gasteiger charge is 2.44. The van der Waals surface area contributed by atoms with Gasteiger partial charge in [-0.15, -0.1) is 11.3 Å². The maximum absolute atomic E-state index is 13.0. The van der Waals surface area contributed by atoms with E-state index in [1.54, 1.807) is 18.3 Å². The van der Waals surface area contributed by atoms with Crippen LogP contribution < -0.4 is 5.32 Å². The number of carbonyl (C=O) groups is 1. The second-order valence-electron chi connectivity index (χ2n) is 7.60. The predicted octanol–water partition coefficient (Wildman–Crippen LogP) is 2.83. The van der Waals surface area contributed by atoms with Gasteiger partial charge in [-0.2, -0.15) is 5.26 Å². The highest BCUT2D eigenvalue weighted by atomic mass is 32.1. The number of pyridine rings is 1. The number of carbonyl (C=O) groups excluding carboxylic acids is 1. The molecule has 4 heterocycles. The van der Waals surface area contributed by atoms with E-state index in [1.165, 1.54) is 11.3 Å². The van der Waals surface area contributed by atoms with Crippen LogP contribution in [0.4, 0.5) is 5.82 Å². The number of hydrogen-bond donors (Lipinski definition) is 1. The van der Waals surface area contributed by atoms with Crippen molar-refractivity contribution in [3.63, 3.8) is 0 Å². The van der Waals surface area contributed by atoms with E-state index >= 15 is 0 Å². The lowest BCUT2D eigenvalue weighted by Gasteiger charge is -2.32. The number of rotatable bonds is 4. The van der Waals surface area contributed by atoms with Crippen molar-refractivity contribution in [3.8, 4) is 6.07 Å². The number of nitrogens with one attached hydrogen (secondary N) is 1. The van der Waals surface area contributed by atoms with Crippen molar-refractivity contribution in [3.05, 3.63) is 45.8 Å². The average molecular weight is 413 g/mol. The third-order valence-corrected chi connectivity index (χ3v) is 6.44. The van der Waals surface area contributed by atoms with Gasteiger partial charge in [0.1, 0.15) is 17.5 Å². The third kappa shape index (κ3) is 4.42. The van der Waals surface area contributed by atoms with Gasteiger partial charge in [-0.3, -0.25) is 4.79 Å². The van der Waals surface area contributed by atoms with Gasteiger partial charge in [-0.1, -0.05) is 0 Å². The SMILES string of the molecule is Cc1ccsc1C(=O)N1CCOC[C@]2(CC[C@@H](CNc3ccc(C#N)cn3)O2)C1. The monoisotopic (exact) mass is 412 g/mol. The van der Waals surface area contributed by atoms with Gasteiger partial charge >= 0.3 is 0 Å². The second kappa shape index (κ2) is 8.49. The molecule has 0 radical (unpaired) electrons. The summed E-state index contributed by atoms with van der Waals surface area (Å²) in [6.07, 6.45) is 3.32. The highest BCUT2D eigenvalue weighted by Crippen LogP contribution is 2.34. The summed E-state index contributed by atoms with van der Waals surface area (Å²) >= 11 is 1.49. The van der Waals surface area contributed by atoms with Gasteiger partial charge < -0.3 is 19.7 Å². The van der Waals surface area contributed by atoms with Crippen LogP contribution in [0.3, 0.4) is 0 Å². The second-order valence-corrected chi connectivity index (χ2v) is 8.51. The predicted molar refractivity (Wildman–Crippen MR) is 110 cm³/mol. The quantitative estimate of drug-likeness (QED) is 0.831.